The Bertz CT molecular complexity index is 101. The molecule has 0 atom stereocenters. The molecule has 3 heteroatoms. The maximum absolute atomic E-state index is 9.93. The van der Waals surface area contributed by atoms with E-state index < -0.39 is 0 Å². The van der Waals surface area contributed by atoms with Gasteiger partial charge in [0.25, 0.3) is 0 Å². The minimum atomic E-state index is 0.0394. The largest absolute Gasteiger partial charge is 0.357 e. The van der Waals surface area contributed by atoms with E-state index in [0.29, 0.717) is 0 Å². The normalized spacial score (nSPS) is 8.62. The summed E-state index contributed by atoms with van der Waals surface area (Å²) >= 11 is 0. The molecule has 0 aliphatic carbocycles. The third-order valence-electron chi connectivity index (χ3n) is 1.38. The second kappa shape index (κ2) is 14.0. The van der Waals surface area contributed by atoms with Crippen molar-refractivity contribution in [3.8, 4) is 0 Å². The Hall–Kier alpha value is -0.570. The minimum absolute atomic E-state index is 0.0394. The Kier molecular flexibility index (Phi) is 16.1. The number of rotatable bonds is 5. The predicted molar refractivity (Wildman–Crippen MR) is 57.8 cm³/mol. The van der Waals surface area contributed by atoms with Crippen LogP contribution in [0.15, 0.2) is 0 Å². The van der Waals surface area contributed by atoms with E-state index in [1.807, 2.05) is 6.92 Å². The van der Waals surface area contributed by atoms with E-state index in [0.717, 1.165) is 13.1 Å². The van der Waals surface area contributed by atoms with E-state index in [4.69, 9.17) is 0 Å². The highest BCUT2D eigenvalue weighted by Gasteiger charge is 1.79. The van der Waals surface area contributed by atoms with Crippen LogP contribution in [0.4, 0.5) is 0 Å². The fourth-order valence-electron chi connectivity index (χ4n) is 0.727. The molecule has 80 valence electrons. The maximum Gasteiger partial charge on any atom is 0.216 e. The number of nitrogens with one attached hydrogen (secondary N) is 2. The van der Waals surface area contributed by atoms with Crippen molar-refractivity contribution in [2.45, 2.75) is 40.5 Å². The SMILES string of the molecule is CCCCNCC.CCNC(C)=O. The highest BCUT2D eigenvalue weighted by Crippen LogP contribution is 1.80. The van der Waals surface area contributed by atoms with E-state index in [-0.39, 0.29) is 5.91 Å². The number of hydrogen-bond acceptors (Lipinski definition) is 2. The van der Waals surface area contributed by atoms with Gasteiger partial charge in [0, 0.05) is 13.5 Å². The molecule has 1 amide bonds. The Morgan fingerprint density at radius 1 is 1.15 bits per heavy atom. The molecule has 0 saturated heterocycles. The molecule has 0 aliphatic rings. The van der Waals surface area contributed by atoms with Crippen LogP contribution in [0, 0.1) is 0 Å². The molecule has 0 unspecified atom stereocenters. The number of hydrogen-bond donors (Lipinski definition) is 2. The molecular formula is C10H24N2O. The molecule has 2 N–H and O–H groups in total. The maximum atomic E-state index is 9.93. The van der Waals surface area contributed by atoms with Crippen LogP contribution in [0.1, 0.15) is 40.5 Å². The highest BCUT2D eigenvalue weighted by molar-refractivity contribution is 5.72. The summed E-state index contributed by atoms with van der Waals surface area (Å²) in [7, 11) is 0. The van der Waals surface area contributed by atoms with Gasteiger partial charge in [-0.05, 0) is 26.4 Å². The van der Waals surface area contributed by atoms with Crippen LogP contribution >= 0.6 is 0 Å². The second-order valence-corrected chi connectivity index (χ2v) is 2.79. The molecule has 0 aromatic carbocycles. The van der Waals surface area contributed by atoms with Crippen molar-refractivity contribution in [1.29, 1.82) is 0 Å². The van der Waals surface area contributed by atoms with Gasteiger partial charge in [0.15, 0.2) is 0 Å². The molecule has 13 heavy (non-hydrogen) atoms. The molecule has 0 aromatic rings. The molecule has 0 fully saturated rings. The van der Waals surface area contributed by atoms with Crippen molar-refractivity contribution < 1.29 is 4.79 Å². The molecule has 0 radical (unpaired) electrons. The number of carbonyl (C=O) groups excluding carboxylic acids is 1. The molecule has 0 aromatic heterocycles. The van der Waals surface area contributed by atoms with Crippen molar-refractivity contribution >= 4 is 5.91 Å². The number of unbranched alkanes of at least 4 members (excludes halogenated alkanes) is 1. The van der Waals surface area contributed by atoms with Gasteiger partial charge in [0.2, 0.25) is 5.91 Å². The van der Waals surface area contributed by atoms with Crippen LogP contribution in [-0.2, 0) is 4.79 Å². The first-order valence-corrected chi connectivity index (χ1v) is 5.14. The van der Waals surface area contributed by atoms with Gasteiger partial charge in [0.05, 0.1) is 0 Å². The zero-order chi connectivity index (χ0) is 10.5. The van der Waals surface area contributed by atoms with Crippen molar-refractivity contribution in [2.75, 3.05) is 19.6 Å². The van der Waals surface area contributed by atoms with E-state index >= 15 is 0 Å². The molecule has 0 aliphatic heterocycles. The lowest BCUT2D eigenvalue weighted by Crippen LogP contribution is -2.18. The van der Waals surface area contributed by atoms with Crippen molar-refractivity contribution in [1.82, 2.24) is 10.6 Å². The van der Waals surface area contributed by atoms with Gasteiger partial charge in [-0.2, -0.15) is 0 Å². The summed E-state index contributed by atoms with van der Waals surface area (Å²) in [5.74, 6) is 0.0394. The van der Waals surface area contributed by atoms with Crippen LogP contribution in [-0.4, -0.2) is 25.5 Å². The summed E-state index contributed by atoms with van der Waals surface area (Å²) in [5.41, 5.74) is 0. The van der Waals surface area contributed by atoms with Gasteiger partial charge >= 0.3 is 0 Å². The zero-order valence-corrected chi connectivity index (χ0v) is 9.44. The first-order chi connectivity index (χ1) is 6.18. The smallest absolute Gasteiger partial charge is 0.216 e. The summed E-state index contributed by atoms with van der Waals surface area (Å²) in [6.45, 7) is 10.8. The van der Waals surface area contributed by atoms with Crippen molar-refractivity contribution in [2.24, 2.45) is 0 Å². The third kappa shape index (κ3) is 24.6. The molecular weight excluding hydrogens is 164 g/mol. The van der Waals surface area contributed by atoms with E-state index in [2.05, 4.69) is 24.5 Å². The topological polar surface area (TPSA) is 41.1 Å². The Morgan fingerprint density at radius 3 is 2.00 bits per heavy atom. The lowest BCUT2D eigenvalue weighted by Gasteiger charge is -1.95. The van der Waals surface area contributed by atoms with Gasteiger partial charge in [-0.15, -0.1) is 0 Å². The zero-order valence-electron chi connectivity index (χ0n) is 9.44. The van der Waals surface area contributed by atoms with Crippen LogP contribution < -0.4 is 10.6 Å². The molecule has 0 heterocycles. The van der Waals surface area contributed by atoms with E-state index in [9.17, 15) is 4.79 Å². The van der Waals surface area contributed by atoms with Crippen molar-refractivity contribution in [3.05, 3.63) is 0 Å². The predicted octanol–water partition coefficient (Wildman–Crippen LogP) is 1.54. The fraction of sp³-hybridized carbons (Fsp3) is 0.900. The van der Waals surface area contributed by atoms with Gasteiger partial charge in [-0.3, -0.25) is 4.79 Å². The average molecular weight is 188 g/mol. The van der Waals surface area contributed by atoms with Crippen LogP contribution in [0.5, 0.6) is 0 Å². The molecule has 0 spiro atoms. The number of carbonyl (C=O) groups is 1. The van der Waals surface area contributed by atoms with Gasteiger partial charge in [0.1, 0.15) is 0 Å². The molecule has 0 bridgehead atoms. The summed E-state index contributed by atoms with van der Waals surface area (Å²) in [4.78, 5) is 9.93. The lowest BCUT2D eigenvalue weighted by atomic mass is 10.3. The summed E-state index contributed by atoms with van der Waals surface area (Å²) in [6.07, 6.45) is 2.61. The Morgan fingerprint density at radius 2 is 1.77 bits per heavy atom. The molecule has 0 rings (SSSR count). The van der Waals surface area contributed by atoms with Crippen LogP contribution in [0.3, 0.4) is 0 Å². The first-order valence-electron chi connectivity index (χ1n) is 5.14. The van der Waals surface area contributed by atoms with Crippen molar-refractivity contribution in [3.63, 3.8) is 0 Å². The second-order valence-electron chi connectivity index (χ2n) is 2.79. The standard InChI is InChI=1S/C6H15N.C4H9NO/c1-3-5-6-7-4-2;1-3-5-4(2)6/h7H,3-6H2,1-2H3;3H2,1-2H3,(H,5,6). The quantitative estimate of drug-likeness (QED) is 0.643. The van der Waals surface area contributed by atoms with Gasteiger partial charge in [-0.1, -0.05) is 20.3 Å². The Balaban J connectivity index is 0. The number of amides is 1. The monoisotopic (exact) mass is 188 g/mol. The van der Waals surface area contributed by atoms with Crippen LogP contribution in [0.2, 0.25) is 0 Å². The minimum Gasteiger partial charge on any atom is -0.357 e. The van der Waals surface area contributed by atoms with Crippen LogP contribution in [0.25, 0.3) is 0 Å². The van der Waals surface area contributed by atoms with Gasteiger partial charge in [-0.25, -0.2) is 0 Å². The average Bonchev–Trinajstić information content (AvgIpc) is 2.06. The molecule has 3 nitrogen and oxygen atoms in total. The van der Waals surface area contributed by atoms with E-state index in [1.54, 1.807) is 0 Å². The lowest BCUT2D eigenvalue weighted by molar-refractivity contribution is -0.118. The fourth-order valence-corrected chi connectivity index (χ4v) is 0.727. The molecule has 0 saturated carbocycles. The first kappa shape index (κ1) is 14.9. The summed E-state index contributed by atoms with van der Waals surface area (Å²) in [6, 6.07) is 0. The summed E-state index contributed by atoms with van der Waals surface area (Å²) < 4.78 is 0. The third-order valence-corrected chi connectivity index (χ3v) is 1.38. The summed E-state index contributed by atoms with van der Waals surface area (Å²) in [5, 5.41) is 5.82. The van der Waals surface area contributed by atoms with Gasteiger partial charge < -0.3 is 10.6 Å². The highest BCUT2D eigenvalue weighted by atomic mass is 16.1. The Labute approximate surface area is 82.3 Å². The van der Waals surface area contributed by atoms with E-state index in [1.165, 1.54) is 26.3 Å².